The lowest BCUT2D eigenvalue weighted by Gasteiger charge is -2.31. The molecule has 0 radical (unpaired) electrons. The zero-order valence-corrected chi connectivity index (χ0v) is 14.9. The average Bonchev–Trinajstić information content (AvgIpc) is 3.08. The summed E-state index contributed by atoms with van der Waals surface area (Å²) < 4.78 is 5.30. The van der Waals surface area contributed by atoms with Gasteiger partial charge in [0.15, 0.2) is 0 Å². The molecular weight excluding hydrogens is 328 g/mol. The molecule has 0 N–H and O–H groups in total. The maximum atomic E-state index is 13.0. The quantitative estimate of drug-likeness (QED) is 0.855. The van der Waals surface area contributed by atoms with Crippen LogP contribution < -0.4 is 9.64 Å². The van der Waals surface area contributed by atoms with Crippen LogP contribution in [0.5, 0.6) is 5.75 Å². The standard InChI is InChI=1S/C21H22N2O3/c1-26-19-8-7-15-9-10-22(13-16(15)11-19)21(25)17-12-20(24)23(14-17)18-5-3-2-4-6-18/h2-8,11,17H,9-10,12-14H2,1H3. The number of hydrogen-bond donors (Lipinski definition) is 0. The fraction of sp³-hybridized carbons (Fsp3) is 0.333. The van der Waals surface area contributed by atoms with E-state index < -0.39 is 0 Å². The highest BCUT2D eigenvalue weighted by atomic mass is 16.5. The molecule has 2 aromatic rings. The summed E-state index contributed by atoms with van der Waals surface area (Å²) in [7, 11) is 1.65. The van der Waals surface area contributed by atoms with Crippen LogP contribution in [0, 0.1) is 5.92 Å². The minimum Gasteiger partial charge on any atom is -0.497 e. The van der Waals surface area contributed by atoms with Crippen LogP contribution in [0.1, 0.15) is 17.5 Å². The zero-order valence-electron chi connectivity index (χ0n) is 14.9. The van der Waals surface area contributed by atoms with Crippen molar-refractivity contribution in [3.8, 4) is 5.75 Å². The van der Waals surface area contributed by atoms with Crippen LogP contribution in [-0.2, 0) is 22.6 Å². The number of benzene rings is 2. The Kier molecular flexibility index (Phi) is 4.37. The van der Waals surface area contributed by atoms with E-state index in [0.717, 1.165) is 23.4 Å². The van der Waals surface area contributed by atoms with Crippen molar-refractivity contribution in [2.24, 2.45) is 5.92 Å². The molecule has 0 aliphatic carbocycles. The molecule has 0 saturated carbocycles. The SMILES string of the molecule is COc1ccc2c(c1)CN(C(=O)C1CC(=O)N(c3ccccc3)C1)CC2. The molecule has 134 valence electrons. The largest absolute Gasteiger partial charge is 0.497 e. The number of rotatable bonds is 3. The molecule has 1 atom stereocenters. The first-order valence-electron chi connectivity index (χ1n) is 8.95. The third-order valence-corrected chi connectivity index (χ3v) is 5.28. The molecule has 5 nitrogen and oxygen atoms in total. The van der Waals surface area contributed by atoms with Crippen LogP contribution in [0.4, 0.5) is 5.69 Å². The van der Waals surface area contributed by atoms with E-state index in [4.69, 9.17) is 4.74 Å². The molecular formula is C21H22N2O3. The number of hydrogen-bond acceptors (Lipinski definition) is 3. The molecule has 5 heteroatoms. The average molecular weight is 350 g/mol. The lowest BCUT2D eigenvalue weighted by atomic mass is 9.97. The van der Waals surface area contributed by atoms with Crippen molar-refractivity contribution in [1.82, 2.24) is 4.90 Å². The summed E-state index contributed by atoms with van der Waals surface area (Å²) in [6.07, 6.45) is 1.13. The predicted molar refractivity (Wildman–Crippen MR) is 99.0 cm³/mol. The summed E-state index contributed by atoms with van der Waals surface area (Å²) >= 11 is 0. The number of carbonyl (C=O) groups is 2. The Bertz CT molecular complexity index is 834. The number of amides is 2. The zero-order chi connectivity index (χ0) is 18.1. The van der Waals surface area contributed by atoms with Gasteiger partial charge in [0.25, 0.3) is 0 Å². The number of nitrogens with zero attached hydrogens (tertiary/aromatic N) is 2. The summed E-state index contributed by atoms with van der Waals surface area (Å²) in [5, 5.41) is 0. The van der Waals surface area contributed by atoms with Gasteiger partial charge in [0.2, 0.25) is 11.8 Å². The maximum absolute atomic E-state index is 13.0. The molecule has 2 aliphatic rings. The van der Waals surface area contributed by atoms with Gasteiger partial charge in [0, 0.05) is 31.7 Å². The predicted octanol–water partition coefficient (Wildman–Crippen LogP) is 2.63. The lowest BCUT2D eigenvalue weighted by molar-refractivity contribution is -0.136. The van der Waals surface area contributed by atoms with E-state index in [1.165, 1.54) is 5.56 Å². The van der Waals surface area contributed by atoms with Crippen molar-refractivity contribution in [3.63, 3.8) is 0 Å². The van der Waals surface area contributed by atoms with E-state index in [9.17, 15) is 9.59 Å². The molecule has 26 heavy (non-hydrogen) atoms. The number of methoxy groups -OCH3 is 1. The fourth-order valence-electron chi connectivity index (χ4n) is 3.84. The van der Waals surface area contributed by atoms with Crippen LogP contribution in [0.2, 0.25) is 0 Å². The Hall–Kier alpha value is -2.82. The smallest absolute Gasteiger partial charge is 0.228 e. The highest BCUT2D eigenvalue weighted by molar-refractivity contribution is 6.00. The van der Waals surface area contributed by atoms with Crippen molar-refractivity contribution in [2.75, 3.05) is 25.1 Å². The Labute approximate surface area is 153 Å². The fourth-order valence-corrected chi connectivity index (χ4v) is 3.84. The van der Waals surface area contributed by atoms with Crippen molar-refractivity contribution in [1.29, 1.82) is 0 Å². The molecule has 2 aliphatic heterocycles. The van der Waals surface area contributed by atoms with Crippen LogP contribution in [-0.4, -0.2) is 36.9 Å². The second kappa shape index (κ2) is 6.83. The van der Waals surface area contributed by atoms with E-state index in [1.807, 2.05) is 47.4 Å². The number of para-hydroxylation sites is 1. The first kappa shape index (κ1) is 16.6. The van der Waals surface area contributed by atoms with Crippen LogP contribution in [0.25, 0.3) is 0 Å². The topological polar surface area (TPSA) is 49.9 Å². The monoisotopic (exact) mass is 350 g/mol. The Morgan fingerprint density at radius 1 is 1.12 bits per heavy atom. The van der Waals surface area contributed by atoms with Crippen LogP contribution in [0.15, 0.2) is 48.5 Å². The minimum absolute atomic E-state index is 0.0219. The third kappa shape index (κ3) is 3.05. The Morgan fingerprint density at radius 2 is 1.92 bits per heavy atom. The Balaban J connectivity index is 1.47. The van der Waals surface area contributed by atoms with E-state index in [2.05, 4.69) is 6.07 Å². The van der Waals surface area contributed by atoms with E-state index in [-0.39, 0.29) is 24.2 Å². The number of ether oxygens (including phenoxy) is 1. The van der Waals surface area contributed by atoms with Crippen molar-refractivity contribution in [3.05, 3.63) is 59.7 Å². The maximum Gasteiger partial charge on any atom is 0.228 e. The van der Waals surface area contributed by atoms with Gasteiger partial charge in [-0.3, -0.25) is 9.59 Å². The third-order valence-electron chi connectivity index (χ3n) is 5.28. The molecule has 2 heterocycles. The highest BCUT2D eigenvalue weighted by Gasteiger charge is 2.37. The van der Waals surface area contributed by atoms with E-state index >= 15 is 0 Å². The first-order valence-corrected chi connectivity index (χ1v) is 8.95. The molecule has 1 unspecified atom stereocenters. The van der Waals surface area contributed by atoms with Crippen molar-refractivity contribution in [2.45, 2.75) is 19.4 Å². The first-order chi connectivity index (χ1) is 12.7. The van der Waals surface area contributed by atoms with E-state index in [0.29, 0.717) is 19.6 Å². The van der Waals surface area contributed by atoms with E-state index in [1.54, 1.807) is 12.0 Å². The van der Waals surface area contributed by atoms with Crippen LogP contribution >= 0.6 is 0 Å². The lowest BCUT2D eigenvalue weighted by Crippen LogP contribution is -2.40. The molecule has 1 fully saturated rings. The van der Waals surface area contributed by atoms with Gasteiger partial charge in [0.1, 0.15) is 5.75 Å². The summed E-state index contributed by atoms with van der Waals surface area (Å²) in [6.45, 7) is 1.75. The Morgan fingerprint density at radius 3 is 2.69 bits per heavy atom. The number of fused-ring (bicyclic) bond motifs is 1. The number of carbonyl (C=O) groups excluding carboxylic acids is 2. The van der Waals surface area contributed by atoms with Gasteiger partial charge < -0.3 is 14.5 Å². The molecule has 2 amide bonds. The summed E-state index contributed by atoms with van der Waals surface area (Å²) in [4.78, 5) is 29.0. The summed E-state index contributed by atoms with van der Waals surface area (Å²) in [6, 6.07) is 15.6. The van der Waals surface area contributed by atoms with Gasteiger partial charge in [-0.25, -0.2) is 0 Å². The van der Waals surface area contributed by atoms with Gasteiger partial charge in [-0.1, -0.05) is 24.3 Å². The normalized spacial score (nSPS) is 19.4. The van der Waals surface area contributed by atoms with Gasteiger partial charge in [-0.2, -0.15) is 0 Å². The van der Waals surface area contributed by atoms with Crippen LogP contribution in [0.3, 0.4) is 0 Å². The second-order valence-electron chi connectivity index (χ2n) is 6.89. The highest BCUT2D eigenvalue weighted by Crippen LogP contribution is 2.29. The molecule has 1 saturated heterocycles. The molecule has 4 rings (SSSR count). The van der Waals surface area contributed by atoms with Gasteiger partial charge in [0.05, 0.1) is 13.0 Å². The van der Waals surface area contributed by atoms with Crippen molar-refractivity contribution < 1.29 is 14.3 Å². The summed E-state index contributed by atoms with van der Waals surface area (Å²) in [5.74, 6) is 0.637. The minimum atomic E-state index is -0.269. The van der Waals surface area contributed by atoms with Crippen molar-refractivity contribution >= 4 is 17.5 Å². The molecule has 0 bridgehead atoms. The number of anilines is 1. The summed E-state index contributed by atoms with van der Waals surface area (Å²) in [5.41, 5.74) is 3.26. The molecule has 2 aromatic carbocycles. The van der Waals surface area contributed by atoms with Gasteiger partial charge in [-0.15, -0.1) is 0 Å². The molecule has 0 aromatic heterocycles. The second-order valence-corrected chi connectivity index (χ2v) is 6.89. The van der Waals surface area contributed by atoms with Gasteiger partial charge >= 0.3 is 0 Å². The molecule has 0 spiro atoms. The van der Waals surface area contributed by atoms with Gasteiger partial charge in [-0.05, 0) is 41.8 Å².